The van der Waals surface area contributed by atoms with Crippen LogP contribution in [0.2, 0.25) is 0 Å². The molecule has 0 aliphatic carbocycles. The van der Waals surface area contributed by atoms with Crippen LogP contribution in [0.1, 0.15) is 17.5 Å². The molecule has 0 radical (unpaired) electrons. The van der Waals surface area contributed by atoms with Crippen molar-refractivity contribution in [2.75, 3.05) is 13.7 Å². The van der Waals surface area contributed by atoms with E-state index in [1.54, 1.807) is 12.1 Å². The Balaban J connectivity index is 2.16. The summed E-state index contributed by atoms with van der Waals surface area (Å²) in [6, 6.07) is 6.98. The zero-order valence-corrected chi connectivity index (χ0v) is 12.6. The summed E-state index contributed by atoms with van der Waals surface area (Å²) in [5, 5.41) is 18.6. The first kappa shape index (κ1) is 15.0. The number of rotatable bonds is 3. The molecule has 0 bridgehead atoms. The van der Waals surface area contributed by atoms with Gasteiger partial charge >= 0.3 is 5.97 Å². The van der Waals surface area contributed by atoms with Crippen LogP contribution in [0.15, 0.2) is 22.7 Å². The number of nitriles is 1. The van der Waals surface area contributed by atoms with Gasteiger partial charge in [0, 0.05) is 24.0 Å². The number of ether oxygens (including phenoxy) is 1. The van der Waals surface area contributed by atoms with Crippen molar-refractivity contribution in [1.29, 1.82) is 5.26 Å². The van der Waals surface area contributed by atoms with Crippen LogP contribution in [-0.4, -0.2) is 41.8 Å². The minimum Gasteiger partial charge on any atom is -0.468 e. The number of aliphatic hydroxyl groups is 1. The van der Waals surface area contributed by atoms with E-state index in [1.165, 1.54) is 7.11 Å². The molecule has 0 spiro atoms. The van der Waals surface area contributed by atoms with Crippen molar-refractivity contribution in [2.24, 2.45) is 0 Å². The van der Waals surface area contributed by atoms with Crippen LogP contribution in [0.25, 0.3) is 0 Å². The van der Waals surface area contributed by atoms with E-state index in [9.17, 15) is 9.90 Å². The second kappa shape index (κ2) is 6.35. The largest absolute Gasteiger partial charge is 0.468 e. The molecule has 106 valence electrons. The Morgan fingerprint density at radius 1 is 1.65 bits per heavy atom. The lowest BCUT2D eigenvalue weighted by molar-refractivity contribution is -0.146. The molecule has 1 aromatic rings. The molecule has 5 nitrogen and oxygen atoms in total. The Kier molecular flexibility index (Phi) is 4.76. The first-order chi connectivity index (χ1) is 9.55. The third kappa shape index (κ3) is 3.18. The highest BCUT2D eigenvalue weighted by molar-refractivity contribution is 9.10. The zero-order chi connectivity index (χ0) is 14.7. The number of halogens is 1. The maximum Gasteiger partial charge on any atom is 0.323 e. The fourth-order valence-corrected chi connectivity index (χ4v) is 2.90. The second-order valence-electron chi connectivity index (χ2n) is 4.78. The summed E-state index contributed by atoms with van der Waals surface area (Å²) < 4.78 is 5.59. The summed E-state index contributed by atoms with van der Waals surface area (Å²) in [7, 11) is 1.35. The number of nitrogens with zero attached hydrogens (tertiary/aromatic N) is 2. The molecule has 1 N–H and O–H groups in total. The van der Waals surface area contributed by atoms with E-state index in [-0.39, 0.29) is 5.97 Å². The molecule has 0 aromatic heterocycles. The quantitative estimate of drug-likeness (QED) is 0.844. The number of hydrogen-bond acceptors (Lipinski definition) is 5. The lowest BCUT2D eigenvalue weighted by Gasteiger charge is -2.22. The second-order valence-corrected chi connectivity index (χ2v) is 5.63. The monoisotopic (exact) mass is 338 g/mol. The van der Waals surface area contributed by atoms with Crippen LogP contribution >= 0.6 is 15.9 Å². The maximum atomic E-state index is 11.7. The van der Waals surface area contributed by atoms with Crippen molar-refractivity contribution >= 4 is 21.9 Å². The smallest absolute Gasteiger partial charge is 0.323 e. The highest BCUT2D eigenvalue weighted by atomic mass is 79.9. The number of carbonyl (C=O) groups excluding carboxylic acids is 1. The highest BCUT2D eigenvalue weighted by Crippen LogP contribution is 2.25. The van der Waals surface area contributed by atoms with Crippen LogP contribution < -0.4 is 0 Å². The Morgan fingerprint density at radius 2 is 2.40 bits per heavy atom. The summed E-state index contributed by atoms with van der Waals surface area (Å²) in [5.74, 6) is -0.327. The summed E-state index contributed by atoms with van der Waals surface area (Å²) in [5.41, 5.74) is 1.54. The van der Waals surface area contributed by atoms with Crippen molar-refractivity contribution < 1.29 is 14.6 Å². The summed E-state index contributed by atoms with van der Waals surface area (Å²) in [4.78, 5) is 13.6. The molecule has 1 fully saturated rings. The van der Waals surface area contributed by atoms with E-state index in [0.29, 0.717) is 25.1 Å². The van der Waals surface area contributed by atoms with Crippen LogP contribution in [-0.2, 0) is 16.1 Å². The van der Waals surface area contributed by atoms with Gasteiger partial charge in [-0.1, -0.05) is 22.0 Å². The molecule has 1 aliphatic rings. The van der Waals surface area contributed by atoms with Crippen molar-refractivity contribution in [3.05, 3.63) is 33.8 Å². The molecule has 0 amide bonds. The predicted octanol–water partition coefficient (Wildman–Crippen LogP) is 1.43. The van der Waals surface area contributed by atoms with Crippen LogP contribution in [0, 0.1) is 11.3 Å². The number of esters is 1. The number of hydrogen-bond donors (Lipinski definition) is 1. The van der Waals surface area contributed by atoms with Gasteiger partial charge in [0.2, 0.25) is 0 Å². The fraction of sp³-hybridized carbons (Fsp3) is 0.429. The van der Waals surface area contributed by atoms with Gasteiger partial charge in [0.1, 0.15) is 6.04 Å². The summed E-state index contributed by atoms with van der Waals surface area (Å²) in [6.07, 6.45) is -0.128. The topological polar surface area (TPSA) is 73.6 Å². The number of benzene rings is 1. The number of β-amino-alcohol motifs (C(OH)–C–C–N with tert-alkyl or cyclic N) is 1. The third-order valence-electron chi connectivity index (χ3n) is 3.41. The fourth-order valence-electron chi connectivity index (χ4n) is 2.40. The van der Waals surface area contributed by atoms with Gasteiger partial charge in [-0.2, -0.15) is 5.26 Å². The van der Waals surface area contributed by atoms with E-state index in [1.807, 2.05) is 11.0 Å². The average Bonchev–Trinajstić information content (AvgIpc) is 2.81. The van der Waals surface area contributed by atoms with Gasteiger partial charge < -0.3 is 9.84 Å². The molecule has 1 heterocycles. The number of aliphatic hydroxyl groups excluding tert-OH is 1. The van der Waals surface area contributed by atoms with Crippen LogP contribution in [0.3, 0.4) is 0 Å². The van der Waals surface area contributed by atoms with Gasteiger partial charge in [0.25, 0.3) is 0 Å². The van der Waals surface area contributed by atoms with E-state index >= 15 is 0 Å². The highest BCUT2D eigenvalue weighted by Gasteiger charge is 2.36. The van der Waals surface area contributed by atoms with E-state index < -0.39 is 12.1 Å². The molecule has 1 aliphatic heterocycles. The Morgan fingerprint density at radius 3 is 3.00 bits per heavy atom. The predicted molar refractivity (Wildman–Crippen MR) is 75.7 cm³/mol. The average molecular weight is 339 g/mol. The van der Waals surface area contributed by atoms with Gasteiger partial charge in [-0.25, -0.2) is 0 Å². The van der Waals surface area contributed by atoms with Crippen molar-refractivity contribution in [2.45, 2.75) is 25.1 Å². The molecular weight excluding hydrogens is 324 g/mol. The molecule has 6 heteroatoms. The maximum absolute atomic E-state index is 11.7. The molecule has 20 heavy (non-hydrogen) atoms. The van der Waals surface area contributed by atoms with Gasteiger partial charge in [-0.05, 0) is 17.7 Å². The minimum absolute atomic E-state index is 0.327. The molecule has 0 saturated carbocycles. The molecule has 2 atom stereocenters. The van der Waals surface area contributed by atoms with Crippen LogP contribution in [0.5, 0.6) is 0 Å². The molecule has 1 saturated heterocycles. The van der Waals surface area contributed by atoms with Crippen molar-refractivity contribution in [3.8, 4) is 6.07 Å². The molecule has 1 aromatic carbocycles. The van der Waals surface area contributed by atoms with Gasteiger partial charge in [0.05, 0.1) is 24.8 Å². The standard InChI is InChI=1S/C14H15BrN2O3/c1-20-14(19)13-5-11(18)8-17(13)7-10-3-2-9(6-16)4-12(10)15/h2-4,11,13,18H,5,7-8H2,1H3/t11-,13+/m1/s1. The number of carbonyl (C=O) groups is 1. The van der Waals surface area contributed by atoms with E-state index in [4.69, 9.17) is 10.00 Å². The zero-order valence-electron chi connectivity index (χ0n) is 11.0. The Hall–Kier alpha value is -1.42. The Labute approximate surface area is 125 Å². The third-order valence-corrected chi connectivity index (χ3v) is 4.15. The minimum atomic E-state index is -0.517. The summed E-state index contributed by atoms with van der Waals surface area (Å²) in [6.45, 7) is 0.954. The lowest BCUT2D eigenvalue weighted by Crippen LogP contribution is -2.36. The number of methoxy groups -OCH3 is 1. The summed E-state index contributed by atoms with van der Waals surface area (Å²) >= 11 is 3.43. The van der Waals surface area contributed by atoms with Gasteiger partial charge in [-0.15, -0.1) is 0 Å². The van der Waals surface area contributed by atoms with Crippen molar-refractivity contribution in [3.63, 3.8) is 0 Å². The van der Waals surface area contributed by atoms with E-state index in [2.05, 4.69) is 22.0 Å². The molecule has 0 unspecified atom stereocenters. The van der Waals surface area contributed by atoms with Gasteiger partial charge in [0.15, 0.2) is 0 Å². The molecular formula is C14H15BrN2O3. The van der Waals surface area contributed by atoms with Gasteiger partial charge in [-0.3, -0.25) is 9.69 Å². The molecule has 2 rings (SSSR count). The Bertz CT molecular complexity index is 556. The number of likely N-dealkylation sites (tertiary alicyclic amines) is 1. The van der Waals surface area contributed by atoms with Crippen molar-refractivity contribution in [1.82, 2.24) is 4.90 Å². The lowest BCUT2D eigenvalue weighted by atomic mass is 10.1. The first-order valence-electron chi connectivity index (χ1n) is 6.23. The normalized spacial score (nSPS) is 22.5. The first-order valence-corrected chi connectivity index (χ1v) is 7.03. The SMILES string of the molecule is COC(=O)[C@@H]1C[C@@H](O)CN1Cc1ccc(C#N)cc1Br. The van der Waals surface area contributed by atoms with E-state index in [0.717, 1.165) is 10.0 Å². The van der Waals surface area contributed by atoms with Crippen LogP contribution in [0.4, 0.5) is 0 Å².